The molecule has 2 heterocycles. The van der Waals surface area contributed by atoms with Gasteiger partial charge < -0.3 is 10.5 Å². The lowest BCUT2D eigenvalue weighted by Gasteiger charge is -2.32. The van der Waals surface area contributed by atoms with Gasteiger partial charge in [0, 0.05) is 11.1 Å². The summed E-state index contributed by atoms with van der Waals surface area (Å²) in [6.07, 6.45) is 5.04. The molecule has 0 saturated heterocycles. The lowest BCUT2D eigenvalue weighted by molar-refractivity contribution is 0.206. The van der Waals surface area contributed by atoms with E-state index >= 15 is 0 Å². The van der Waals surface area contributed by atoms with Crippen LogP contribution in [0.4, 0.5) is 8.78 Å². The molecule has 1 atom stereocenters. The van der Waals surface area contributed by atoms with Crippen LogP contribution in [0.5, 0.6) is 0 Å². The predicted molar refractivity (Wildman–Crippen MR) is 97.8 cm³/mol. The van der Waals surface area contributed by atoms with Crippen LogP contribution in [0.1, 0.15) is 25.0 Å². The van der Waals surface area contributed by atoms with E-state index in [1.807, 2.05) is 13.8 Å². The average Bonchev–Trinajstić information content (AvgIpc) is 2.57. The third kappa shape index (κ3) is 3.12. The minimum absolute atomic E-state index is 0.0140. The van der Waals surface area contributed by atoms with Crippen molar-refractivity contribution >= 4 is 11.7 Å². The van der Waals surface area contributed by atoms with Crippen LogP contribution < -0.4 is 11.1 Å². The number of hydrogen-bond acceptors (Lipinski definition) is 5. The smallest absolute Gasteiger partial charge is 0.218 e. The summed E-state index contributed by atoms with van der Waals surface area (Å²) < 4.78 is 34.1. The zero-order valence-electron chi connectivity index (χ0n) is 14.6. The van der Waals surface area contributed by atoms with Crippen LogP contribution in [0.3, 0.4) is 0 Å². The van der Waals surface area contributed by atoms with Crippen LogP contribution >= 0.6 is 0 Å². The fourth-order valence-electron chi connectivity index (χ4n) is 2.92. The molecule has 2 aliphatic rings. The number of dihydropyridines is 1. The highest BCUT2D eigenvalue weighted by Gasteiger charge is 2.36. The molecule has 1 aromatic carbocycles. The van der Waals surface area contributed by atoms with Crippen LogP contribution in [-0.4, -0.2) is 23.8 Å². The molecule has 3 rings (SSSR count). The number of nitrogens with zero attached hydrogens (tertiary/aromatic N) is 2. The summed E-state index contributed by atoms with van der Waals surface area (Å²) in [4.78, 5) is 8.91. The van der Waals surface area contributed by atoms with Crippen LogP contribution in [0.2, 0.25) is 0 Å². The van der Waals surface area contributed by atoms with E-state index in [1.165, 1.54) is 18.2 Å². The lowest BCUT2D eigenvalue weighted by atomic mass is 9.92. The Morgan fingerprint density at radius 1 is 1.35 bits per heavy atom. The quantitative estimate of drug-likeness (QED) is 0.795. The van der Waals surface area contributed by atoms with E-state index in [0.717, 1.165) is 0 Å². The fourth-order valence-corrected chi connectivity index (χ4v) is 2.92. The topological polar surface area (TPSA) is 72.0 Å². The van der Waals surface area contributed by atoms with E-state index in [0.29, 0.717) is 29.5 Å². The minimum Gasteiger partial charge on any atom is -0.478 e. The molecule has 7 heteroatoms. The van der Waals surface area contributed by atoms with Gasteiger partial charge in [-0.05, 0) is 44.6 Å². The van der Waals surface area contributed by atoms with Gasteiger partial charge in [0.2, 0.25) is 5.88 Å². The second kappa shape index (κ2) is 6.74. The van der Waals surface area contributed by atoms with Crippen LogP contribution in [0.25, 0.3) is 0 Å². The van der Waals surface area contributed by atoms with Gasteiger partial charge in [-0.2, -0.15) is 0 Å². The van der Waals surface area contributed by atoms with Crippen molar-refractivity contribution in [3.63, 3.8) is 0 Å². The molecule has 0 amide bonds. The number of nitrogens with one attached hydrogen (secondary N) is 1. The van der Waals surface area contributed by atoms with Crippen molar-refractivity contribution in [3.8, 4) is 0 Å². The lowest BCUT2D eigenvalue weighted by Crippen LogP contribution is -2.44. The summed E-state index contributed by atoms with van der Waals surface area (Å²) in [6, 6.07) is 2.53. The average molecular weight is 358 g/mol. The first-order chi connectivity index (χ1) is 12.4. The SMILES string of the molecule is C=CCc1c(F)cc(C2=NC3=C(OCC)NC(N)=NC3(C)C=C2)cc1F. The molecular formula is C19H20F2N4O. The second-order valence-corrected chi connectivity index (χ2v) is 6.12. The Bertz CT molecular complexity index is 863. The number of benzene rings is 1. The van der Waals surface area contributed by atoms with Crippen molar-refractivity contribution in [2.24, 2.45) is 15.7 Å². The minimum atomic E-state index is -0.802. The van der Waals surface area contributed by atoms with Gasteiger partial charge in [0.05, 0.1) is 12.3 Å². The maximum atomic E-state index is 14.3. The van der Waals surface area contributed by atoms with Gasteiger partial charge in [-0.1, -0.05) is 6.08 Å². The van der Waals surface area contributed by atoms with Crippen LogP contribution in [0, 0.1) is 11.6 Å². The molecule has 0 spiro atoms. The van der Waals surface area contributed by atoms with Crippen molar-refractivity contribution < 1.29 is 13.5 Å². The van der Waals surface area contributed by atoms with Gasteiger partial charge in [-0.15, -0.1) is 6.58 Å². The Labute approximate surface area is 150 Å². The van der Waals surface area contributed by atoms with Gasteiger partial charge in [0.15, 0.2) is 5.96 Å². The van der Waals surface area contributed by atoms with E-state index in [-0.39, 0.29) is 17.9 Å². The van der Waals surface area contributed by atoms with Crippen molar-refractivity contribution in [1.29, 1.82) is 0 Å². The first-order valence-electron chi connectivity index (χ1n) is 8.25. The molecule has 136 valence electrons. The summed E-state index contributed by atoms with van der Waals surface area (Å²) in [5.74, 6) is -0.665. The van der Waals surface area contributed by atoms with Crippen molar-refractivity contribution in [2.75, 3.05) is 6.61 Å². The normalized spacial score (nSPS) is 21.5. The molecule has 0 aliphatic carbocycles. The number of halogens is 2. The molecule has 1 aromatic rings. The van der Waals surface area contributed by atoms with Crippen molar-refractivity contribution in [3.05, 3.63) is 71.3 Å². The highest BCUT2D eigenvalue weighted by Crippen LogP contribution is 2.33. The molecule has 0 radical (unpaired) electrons. The third-order valence-electron chi connectivity index (χ3n) is 4.16. The summed E-state index contributed by atoms with van der Waals surface area (Å²) in [5, 5.41) is 2.85. The van der Waals surface area contributed by atoms with E-state index in [9.17, 15) is 8.78 Å². The predicted octanol–water partition coefficient (Wildman–Crippen LogP) is 2.93. The summed E-state index contributed by atoms with van der Waals surface area (Å²) in [7, 11) is 0. The standard InChI is InChI=1S/C19H20F2N4O/c1-4-6-12-13(20)9-11(10-14(12)21)15-7-8-19(3)16(23-15)17(26-5-2)24-18(22)25-19/h4,7-10H,1,5-6H2,2-3H3,(H3,22,24,25). The molecule has 0 fully saturated rings. The van der Waals surface area contributed by atoms with Crippen molar-refractivity contribution in [2.45, 2.75) is 25.8 Å². The molecule has 5 nitrogen and oxygen atoms in total. The Kier molecular flexibility index (Phi) is 4.63. The van der Waals surface area contributed by atoms with Gasteiger partial charge in [0.1, 0.15) is 22.9 Å². The Hall–Kier alpha value is -2.96. The fraction of sp³-hybridized carbons (Fsp3) is 0.263. The summed E-state index contributed by atoms with van der Waals surface area (Å²) in [5.41, 5.74) is 6.24. The van der Waals surface area contributed by atoms with Gasteiger partial charge in [-0.25, -0.2) is 18.8 Å². The zero-order chi connectivity index (χ0) is 18.9. The number of nitrogens with two attached hydrogens (primary N) is 1. The van der Waals surface area contributed by atoms with Crippen LogP contribution in [0.15, 0.2) is 58.5 Å². The number of hydrogen-bond donors (Lipinski definition) is 2. The largest absolute Gasteiger partial charge is 0.478 e. The van der Waals surface area contributed by atoms with Crippen molar-refractivity contribution in [1.82, 2.24) is 5.32 Å². The van der Waals surface area contributed by atoms with Gasteiger partial charge in [0.25, 0.3) is 0 Å². The summed E-state index contributed by atoms with van der Waals surface area (Å²) in [6.45, 7) is 7.59. The zero-order valence-corrected chi connectivity index (χ0v) is 14.6. The number of ether oxygens (including phenoxy) is 1. The molecule has 0 bridgehead atoms. The highest BCUT2D eigenvalue weighted by atomic mass is 19.1. The molecule has 1 unspecified atom stereocenters. The number of guanidine groups is 1. The maximum Gasteiger partial charge on any atom is 0.218 e. The number of aliphatic imine (C=N–C) groups is 2. The summed E-state index contributed by atoms with van der Waals surface area (Å²) >= 11 is 0. The van der Waals surface area contributed by atoms with Gasteiger partial charge in [-0.3, -0.25) is 5.32 Å². The van der Waals surface area contributed by atoms with E-state index in [2.05, 4.69) is 21.9 Å². The monoisotopic (exact) mass is 358 g/mol. The molecular weight excluding hydrogens is 338 g/mol. The van der Waals surface area contributed by atoms with Gasteiger partial charge >= 0.3 is 0 Å². The third-order valence-corrected chi connectivity index (χ3v) is 4.16. The number of fused-ring (bicyclic) bond motifs is 1. The molecule has 26 heavy (non-hydrogen) atoms. The number of rotatable bonds is 5. The molecule has 3 N–H and O–H groups in total. The van der Waals surface area contributed by atoms with E-state index < -0.39 is 17.2 Å². The number of allylic oxidation sites excluding steroid dienone is 2. The highest BCUT2D eigenvalue weighted by molar-refractivity contribution is 6.10. The molecule has 2 aliphatic heterocycles. The van der Waals surface area contributed by atoms with E-state index in [1.54, 1.807) is 12.2 Å². The Morgan fingerprint density at radius 3 is 2.65 bits per heavy atom. The second-order valence-electron chi connectivity index (χ2n) is 6.12. The first-order valence-corrected chi connectivity index (χ1v) is 8.25. The Balaban J connectivity index is 2.07. The molecule has 0 saturated carbocycles. The van der Waals surface area contributed by atoms with Crippen LogP contribution in [-0.2, 0) is 11.2 Å². The Morgan fingerprint density at radius 2 is 2.04 bits per heavy atom. The maximum absolute atomic E-state index is 14.3. The molecule has 0 aromatic heterocycles. The van der Waals surface area contributed by atoms with E-state index in [4.69, 9.17) is 10.5 Å². The first kappa shape index (κ1) is 17.8.